The predicted molar refractivity (Wildman–Crippen MR) is 60.8 cm³/mol. The van der Waals surface area contributed by atoms with Crippen LogP contribution in [-0.4, -0.2) is 10.1 Å². The Hall–Kier alpha value is -2.22. The Balaban J connectivity index is 1.96. The fraction of sp³-hybridized carbons (Fsp3) is 0.308. The lowest BCUT2D eigenvalue weighted by Crippen LogP contribution is -1.91. The molecule has 1 fully saturated rings. The fourth-order valence-corrected chi connectivity index (χ4v) is 1.84. The maximum atomic E-state index is 13.5. The first-order valence-electron chi connectivity index (χ1n) is 5.79. The summed E-state index contributed by atoms with van der Waals surface area (Å²) in [6, 6.07) is 6.19. The molecule has 4 nitrogen and oxygen atoms in total. The monoisotopic (exact) mass is 243 g/mol. The zero-order chi connectivity index (χ0) is 12.5. The zero-order valence-electron chi connectivity index (χ0n) is 9.56. The van der Waals surface area contributed by atoms with Crippen LogP contribution in [0.1, 0.15) is 24.2 Å². The lowest BCUT2D eigenvalue weighted by molar-refractivity contribution is 0.420. The Morgan fingerprint density at radius 3 is 3.00 bits per heavy atom. The molecule has 0 radical (unpaired) electrons. The summed E-state index contributed by atoms with van der Waals surface area (Å²) in [6.07, 6.45) is 3.20. The summed E-state index contributed by atoms with van der Waals surface area (Å²) < 4.78 is 18.5. The molecule has 2 aromatic rings. The van der Waals surface area contributed by atoms with Crippen LogP contribution in [0, 0.1) is 23.1 Å². The SMILES string of the molecule is N#Cc1c(F)cccc1-c1nc(CC2CC2)no1. The molecule has 90 valence electrons. The van der Waals surface area contributed by atoms with Gasteiger partial charge in [-0.1, -0.05) is 11.2 Å². The van der Waals surface area contributed by atoms with Crippen molar-refractivity contribution in [3.63, 3.8) is 0 Å². The van der Waals surface area contributed by atoms with Gasteiger partial charge in [0, 0.05) is 6.42 Å². The van der Waals surface area contributed by atoms with Crippen LogP contribution in [0.4, 0.5) is 4.39 Å². The Morgan fingerprint density at radius 1 is 1.44 bits per heavy atom. The molecule has 0 bridgehead atoms. The van der Waals surface area contributed by atoms with Crippen LogP contribution in [-0.2, 0) is 6.42 Å². The van der Waals surface area contributed by atoms with Crippen molar-refractivity contribution in [2.24, 2.45) is 5.92 Å². The smallest absolute Gasteiger partial charge is 0.259 e. The van der Waals surface area contributed by atoms with Crippen molar-refractivity contribution in [1.29, 1.82) is 5.26 Å². The average molecular weight is 243 g/mol. The molecular formula is C13H10FN3O. The highest BCUT2D eigenvalue weighted by Crippen LogP contribution is 2.32. The molecular weight excluding hydrogens is 233 g/mol. The first kappa shape index (κ1) is 10.9. The highest BCUT2D eigenvalue weighted by molar-refractivity contribution is 5.63. The van der Waals surface area contributed by atoms with Gasteiger partial charge in [-0.15, -0.1) is 0 Å². The summed E-state index contributed by atoms with van der Waals surface area (Å²) in [5.41, 5.74) is 0.297. The van der Waals surface area contributed by atoms with E-state index in [9.17, 15) is 4.39 Å². The van der Waals surface area contributed by atoms with Gasteiger partial charge in [0.2, 0.25) is 0 Å². The van der Waals surface area contributed by atoms with E-state index in [-0.39, 0.29) is 11.5 Å². The van der Waals surface area contributed by atoms with Crippen LogP contribution in [0.2, 0.25) is 0 Å². The predicted octanol–water partition coefficient (Wildman–Crippen LogP) is 2.70. The number of hydrogen-bond acceptors (Lipinski definition) is 4. The molecule has 0 N–H and O–H groups in total. The summed E-state index contributed by atoms with van der Waals surface area (Å²) in [6.45, 7) is 0. The molecule has 1 aliphatic carbocycles. The van der Waals surface area contributed by atoms with Crippen molar-refractivity contribution < 1.29 is 8.91 Å². The third-order valence-corrected chi connectivity index (χ3v) is 2.99. The average Bonchev–Trinajstić information content (AvgIpc) is 3.05. The standard InChI is InChI=1S/C13H10FN3O/c14-11-3-1-2-9(10(11)7-15)13-16-12(17-18-13)6-8-4-5-8/h1-3,8H,4-6H2. The number of hydrogen-bond donors (Lipinski definition) is 0. The summed E-state index contributed by atoms with van der Waals surface area (Å²) >= 11 is 0. The number of rotatable bonds is 3. The third kappa shape index (κ3) is 1.97. The summed E-state index contributed by atoms with van der Waals surface area (Å²) in [4.78, 5) is 4.21. The van der Waals surface area contributed by atoms with E-state index in [1.54, 1.807) is 6.07 Å². The van der Waals surface area contributed by atoms with Crippen molar-refractivity contribution in [3.8, 4) is 17.5 Å². The van der Waals surface area contributed by atoms with Crippen LogP contribution >= 0.6 is 0 Å². The van der Waals surface area contributed by atoms with Crippen LogP contribution in [0.25, 0.3) is 11.5 Å². The van der Waals surface area contributed by atoms with Crippen LogP contribution in [0.5, 0.6) is 0 Å². The second kappa shape index (κ2) is 4.22. The molecule has 1 aliphatic rings. The second-order valence-electron chi connectivity index (χ2n) is 4.44. The third-order valence-electron chi connectivity index (χ3n) is 2.99. The van der Waals surface area contributed by atoms with Crippen molar-refractivity contribution in [2.45, 2.75) is 19.3 Å². The lowest BCUT2D eigenvalue weighted by atomic mass is 10.1. The first-order valence-corrected chi connectivity index (χ1v) is 5.79. The largest absolute Gasteiger partial charge is 0.334 e. The number of nitrogens with zero attached hydrogens (tertiary/aromatic N) is 3. The van der Waals surface area contributed by atoms with Crippen molar-refractivity contribution in [1.82, 2.24) is 10.1 Å². The van der Waals surface area contributed by atoms with E-state index in [2.05, 4.69) is 10.1 Å². The van der Waals surface area contributed by atoms with E-state index in [0.29, 0.717) is 17.3 Å². The Morgan fingerprint density at radius 2 is 2.28 bits per heavy atom. The van der Waals surface area contributed by atoms with E-state index in [1.807, 2.05) is 6.07 Å². The van der Waals surface area contributed by atoms with Gasteiger partial charge in [-0.25, -0.2) is 4.39 Å². The fourth-order valence-electron chi connectivity index (χ4n) is 1.84. The normalized spacial score (nSPS) is 14.4. The van der Waals surface area contributed by atoms with Crippen LogP contribution in [0.15, 0.2) is 22.7 Å². The quantitative estimate of drug-likeness (QED) is 0.831. The summed E-state index contributed by atoms with van der Waals surface area (Å²) in [5, 5.41) is 12.8. The Labute approximate surface area is 103 Å². The molecule has 3 rings (SSSR count). The molecule has 0 atom stereocenters. The van der Waals surface area contributed by atoms with E-state index in [4.69, 9.17) is 9.78 Å². The highest BCUT2D eigenvalue weighted by Gasteiger charge is 2.24. The molecule has 1 heterocycles. The minimum atomic E-state index is -0.572. The molecule has 1 aromatic carbocycles. The molecule has 0 amide bonds. The van der Waals surface area contributed by atoms with Gasteiger partial charge in [0.15, 0.2) is 5.82 Å². The van der Waals surface area contributed by atoms with Crippen LogP contribution < -0.4 is 0 Å². The summed E-state index contributed by atoms with van der Waals surface area (Å²) in [7, 11) is 0. The molecule has 0 aliphatic heterocycles. The van der Waals surface area contributed by atoms with Crippen molar-refractivity contribution >= 4 is 0 Å². The maximum Gasteiger partial charge on any atom is 0.259 e. The number of aromatic nitrogens is 2. The van der Waals surface area contributed by atoms with Crippen molar-refractivity contribution in [2.75, 3.05) is 0 Å². The summed E-state index contributed by atoms with van der Waals surface area (Å²) in [5.74, 6) is 0.915. The van der Waals surface area contributed by atoms with Gasteiger partial charge in [-0.2, -0.15) is 10.2 Å². The van der Waals surface area contributed by atoms with Gasteiger partial charge >= 0.3 is 0 Å². The Bertz CT molecular complexity index is 625. The minimum absolute atomic E-state index is 0.0564. The molecule has 18 heavy (non-hydrogen) atoms. The number of nitriles is 1. The van der Waals surface area contributed by atoms with Gasteiger partial charge < -0.3 is 4.52 Å². The van der Waals surface area contributed by atoms with Crippen LogP contribution in [0.3, 0.4) is 0 Å². The van der Waals surface area contributed by atoms with Gasteiger partial charge in [-0.3, -0.25) is 0 Å². The molecule has 0 unspecified atom stereocenters. The first-order chi connectivity index (χ1) is 8.78. The van der Waals surface area contributed by atoms with E-state index >= 15 is 0 Å². The second-order valence-corrected chi connectivity index (χ2v) is 4.44. The lowest BCUT2D eigenvalue weighted by Gasteiger charge is -1.98. The molecule has 0 saturated heterocycles. The molecule has 0 spiro atoms. The van der Waals surface area contributed by atoms with E-state index in [0.717, 1.165) is 6.42 Å². The molecule has 5 heteroatoms. The maximum absolute atomic E-state index is 13.5. The van der Waals surface area contributed by atoms with Gasteiger partial charge in [0.05, 0.1) is 5.56 Å². The van der Waals surface area contributed by atoms with Gasteiger partial charge in [0.1, 0.15) is 17.4 Å². The van der Waals surface area contributed by atoms with Crippen molar-refractivity contribution in [3.05, 3.63) is 35.4 Å². The zero-order valence-corrected chi connectivity index (χ0v) is 9.56. The highest BCUT2D eigenvalue weighted by atomic mass is 19.1. The molecule has 1 saturated carbocycles. The molecule has 1 aromatic heterocycles. The Kier molecular flexibility index (Phi) is 2.56. The minimum Gasteiger partial charge on any atom is -0.334 e. The number of benzene rings is 1. The van der Waals surface area contributed by atoms with E-state index in [1.165, 1.54) is 25.0 Å². The topological polar surface area (TPSA) is 62.7 Å². The van der Waals surface area contributed by atoms with Gasteiger partial charge in [0.25, 0.3) is 5.89 Å². The van der Waals surface area contributed by atoms with Gasteiger partial charge in [-0.05, 0) is 30.9 Å². The number of halogens is 1. The van der Waals surface area contributed by atoms with E-state index < -0.39 is 5.82 Å².